The molecular weight excluding hydrogens is 312 g/mol. The van der Waals surface area contributed by atoms with Crippen molar-refractivity contribution in [1.29, 1.82) is 0 Å². The average Bonchev–Trinajstić information content (AvgIpc) is 3.19. The number of likely N-dealkylation sites (tertiary alicyclic amines) is 1. The summed E-state index contributed by atoms with van der Waals surface area (Å²) < 4.78 is 5.94. The van der Waals surface area contributed by atoms with Crippen molar-refractivity contribution in [2.45, 2.75) is 12.8 Å². The Morgan fingerprint density at radius 3 is 2.64 bits per heavy atom. The van der Waals surface area contributed by atoms with Crippen LogP contribution in [0.1, 0.15) is 24.1 Å². The predicted molar refractivity (Wildman–Crippen MR) is 96.1 cm³/mol. The van der Waals surface area contributed by atoms with E-state index in [-0.39, 0.29) is 0 Å². The first-order chi connectivity index (χ1) is 12.4. The summed E-state index contributed by atoms with van der Waals surface area (Å²) in [5.74, 6) is 6.68. The standard InChI is InChI=1S/C20H18N4O/c1-2-7-16(8-3-1)10-11-18-20(25-15-24-13-4-5-14-24)23-17-9-6-12-21-19(17)22-18/h1-3,6-9,12H,4-5,13-15H2. The van der Waals surface area contributed by atoms with Crippen LogP contribution in [-0.2, 0) is 0 Å². The first-order valence-electron chi connectivity index (χ1n) is 8.43. The number of ether oxygens (including phenoxy) is 1. The van der Waals surface area contributed by atoms with Gasteiger partial charge in [0.15, 0.2) is 11.3 Å². The van der Waals surface area contributed by atoms with E-state index in [1.54, 1.807) is 6.20 Å². The number of pyridine rings is 1. The van der Waals surface area contributed by atoms with E-state index in [0.717, 1.165) is 18.7 Å². The maximum Gasteiger partial charge on any atom is 0.251 e. The van der Waals surface area contributed by atoms with Crippen molar-refractivity contribution in [2.24, 2.45) is 0 Å². The van der Waals surface area contributed by atoms with Gasteiger partial charge < -0.3 is 4.74 Å². The molecule has 2 aromatic heterocycles. The molecular formula is C20H18N4O. The van der Waals surface area contributed by atoms with Gasteiger partial charge in [0.1, 0.15) is 12.2 Å². The number of rotatable bonds is 3. The predicted octanol–water partition coefficient (Wildman–Crippen LogP) is 2.86. The number of aromatic nitrogens is 3. The second-order valence-electron chi connectivity index (χ2n) is 5.94. The van der Waals surface area contributed by atoms with Crippen molar-refractivity contribution in [1.82, 2.24) is 19.9 Å². The Morgan fingerprint density at radius 2 is 1.80 bits per heavy atom. The van der Waals surface area contributed by atoms with Crippen LogP contribution in [0.3, 0.4) is 0 Å². The summed E-state index contributed by atoms with van der Waals surface area (Å²) in [5, 5.41) is 0. The van der Waals surface area contributed by atoms with Gasteiger partial charge >= 0.3 is 0 Å². The van der Waals surface area contributed by atoms with Crippen molar-refractivity contribution in [2.75, 3.05) is 19.8 Å². The van der Waals surface area contributed by atoms with Gasteiger partial charge in [-0.3, -0.25) is 4.90 Å². The third-order valence-electron chi connectivity index (χ3n) is 4.09. The highest BCUT2D eigenvalue weighted by Gasteiger charge is 2.14. The lowest BCUT2D eigenvalue weighted by Crippen LogP contribution is -2.25. The molecule has 1 aliphatic rings. The number of fused-ring (bicyclic) bond motifs is 1. The zero-order chi connectivity index (χ0) is 16.9. The van der Waals surface area contributed by atoms with E-state index in [4.69, 9.17) is 4.74 Å². The van der Waals surface area contributed by atoms with Gasteiger partial charge in [-0.1, -0.05) is 24.1 Å². The topological polar surface area (TPSA) is 51.1 Å². The molecule has 0 saturated carbocycles. The van der Waals surface area contributed by atoms with E-state index in [1.807, 2.05) is 42.5 Å². The van der Waals surface area contributed by atoms with Crippen molar-refractivity contribution >= 4 is 11.2 Å². The Kier molecular flexibility index (Phi) is 4.53. The first kappa shape index (κ1) is 15.6. The molecule has 3 heterocycles. The fraction of sp³-hybridized carbons (Fsp3) is 0.250. The summed E-state index contributed by atoms with van der Waals surface area (Å²) in [6, 6.07) is 13.5. The summed E-state index contributed by atoms with van der Waals surface area (Å²) in [6.45, 7) is 2.64. The summed E-state index contributed by atoms with van der Waals surface area (Å²) in [5.41, 5.74) is 2.74. The molecule has 1 aliphatic heterocycles. The Bertz CT molecular complexity index is 925. The van der Waals surface area contributed by atoms with E-state index in [0.29, 0.717) is 29.5 Å². The highest BCUT2D eigenvalue weighted by atomic mass is 16.5. The summed E-state index contributed by atoms with van der Waals surface area (Å²) >= 11 is 0. The van der Waals surface area contributed by atoms with E-state index >= 15 is 0 Å². The van der Waals surface area contributed by atoms with Gasteiger partial charge in [-0.15, -0.1) is 0 Å². The number of benzene rings is 1. The molecule has 1 aromatic carbocycles. The van der Waals surface area contributed by atoms with Crippen molar-refractivity contribution < 1.29 is 4.74 Å². The summed E-state index contributed by atoms with van der Waals surface area (Å²) in [4.78, 5) is 15.7. The van der Waals surface area contributed by atoms with Gasteiger partial charge in [0.05, 0.1) is 0 Å². The number of nitrogens with zero attached hydrogens (tertiary/aromatic N) is 4. The molecule has 0 unspecified atom stereocenters. The molecule has 0 amide bonds. The molecule has 0 bridgehead atoms. The lowest BCUT2D eigenvalue weighted by atomic mass is 10.2. The summed E-state index contributed by atoms with van der Waals surface area (Å²) in [6.07, 6.45) is 4.14. The second kappa shape index (κ2) is 7.29. The van der Waals surface area contributed by atoms with E-state index in [2.05, 4.69) is 31.7 Å². The van der Waals surface area contributed by atoms with Crippen LogP contribution in [-0.4, -0.2) is 39.7 Å². The Hall–Kier alpha value is -2.97. The molecule has 25 heavy (non-hydrogen) atoms. The van der Waals surface area contributed by atoms with Gasteiger partial charge in [0, 0.05) is 24.8 Å². The molecule has 0 atom stereocenters. The number of hydrogen-bond donors (Lipinski definition) is 0. The van der Waals surface area contributed by atoms with Crippen LogP contribution in [0.15, 0.2) is 48.7 Å². The van der Waals surface area contributed by atoms with E-state index < -0.39 is 0 Å². The van der Waals surface area contributed by atoms with Gasteiger partial charge in [0.25, 0.3) is 5.88 Å². The van der Waals surface area contributed by atoms with Crippen LogP contribution in [0, 0.1) is 11.8 Å². The molecule has 3 aromatic rings. The monoisotopic (exact) mass is 330 g/mol. The van der Waals surface area contributed by atoms with E-state index in [9.17, 15) is 0 Å². The lowest BCUT2D eigenvalue weighted by Gasteiger charge is -2.15. The quantitative estimate of drug-likeness (QED) is 0.691. The van der Waals surface area contributed by atoms with Crippen LogP contribution in [0.5, 0.6) is 5.88 Å². The lowest BCUT2D eigenvalue weighted by molar-refractivity contribution is 0.146. The third kappa shape index (κ3) is 3.76. The minimum Gasteiger partial charge on any atom is -0.459 e. The van der Waals surface area contributed by atoms with Crippen LogP contribution < -0.4 is 4.74 Å². The van der Waals surface area contributed by atoms with Crippen molar-refractivity contribution in [3.63, 3.8) is 0 Å². The average molecular weight is 330 g/mol. The van der Waals surface area contributed by atoms with Crippen molar-refractivity contribution in [3.8, 4) is 17.7 Å². The molecule has 1 saturated heterocycles. The Morgan fingerprint density at radius 1 is 0.960 bits per heavy atom. The summed E-state index contributed by atoms with van der Waals surface area (Å²) in [7, 11) is 0. The molecule has 0 aliphatic carbocycles. The largest absolute Gasteiger partial charge is 0.459 e. The highest BCUT2D eigenvalue weighted by molar-refractivity contribution is 5.71. The maximum atomic E-state index is 5.94. The van der Waals surface area contributed by atoms with Crippen LogP contribution in [0.4, 0.5) is 0 Å². The van der Waals surface area contributed by atoms with Gasteiger partial charge in [-0.2, -0.15) is 0 Å². The van der Waals surface area contributed by atoms with Gasteiger partial charge in [-0.25, -0.2) is 15.0 Å². The zero-order valence-corrected chi connectivity index (χ0v) is 13.9. The normalized spacial score (nSPS) is 14.2. The molecule has 5 nitrogen and oxygen atoms in total. The molecule has 0 radical (unpaired) electrons. The minimum atomic E-state index is 0.468. The van der Waals surface area contributed by atoms with Crippen LogP contribution in [0.25, 0.3) is 11.2 Å². The molecule has 4 rings (SSSR count). The fourth-order valence-corrected chi connectivity index (χ4v) is 2.78. The van der Waals surface area contributed by atoms with Crippen LogP contribution in [0.2, 0.25) is 0 Å². The smallest absolute Gasteiger partial charge is 0.251 e. The molecule has 124 valence electrons. The minimum absolute atomic E-state index is 0.468. The molecule has 5 heteroatoms. The van der Waals surface area contributed by atoms with Gasteiger partial charge in [-0.05, 0) is 43.0 Å². The maximum absolute atomic E-state index is 5.94. The molecule has 0 spiro atoms. The number of hydrogen-bond acceptors (Lipinski definition) is 5. The fourth-order valence-electron chi connectivity index (χ4n) is 2.78. The van der Waals surface area contributed by atoms with Crippen molar-refractivity contribution in [3.05, 3.63) is 59.9 Å². The van der Waals surface area contributed by atoms with E-state index in [1.165, 1.54) is 12.8 Å². The first-order valence-corrected chi connectivity index (χ1v) is 8.43. The Labute approximate surface area is 146 Å². The van der Waals surface area contributed by atoms with Gasteiger partial charge in [0.2, 0.25) is 0 Å². The van der Waals surface area contributed by atoms with Crippen LogP contribution >= 0.6 is 0 Å². The molecule has 0 N–H and O–H groups in total. The second-order valence-corrected chi connectivity index (χ2v) is 5.94. The zero-order valence-electron chi connectivity index (χ0n) is 13.9. The highest BCUT2D eigenvalue weighted by Crippen LogP contribution is 2.18. The molecule has 1 fully saturated rings. The Balaban J connectivity index is 1.67. The third-order valence-corrected chi connectivity index (χ3v) is 4.09. The SMILES string of the molecule is C(#Cc1nc2ncccc2nc1OCN1CCCC1)c1ccccc1.